The number of benzene rings is 4. The highest BCUT2D eigenvalue weighted by Crippen LogP contribution is 2.35. The number of esters is 1. The van der Waals surface area contributed by atoms with Gasteiger partial charge in [-0.2, -0.15) is 0 Å². The SMILES string of the molecule is CCOC(=O)C1=C(c2ccccc2)N=c2s/c(=C\c3cccc(OCc4cccc(Cl)c4)c3)c(=O)n2[C@@H]1c1ccc(Cl)cc1. The molecular formula is C35H26Cl2N2O4S. The second-order valence-electron chi connectivity index (χ2n) is 9.97. The molecule has 0 saturated heterocycles. The van der Waals surface area contributed by atoms with E-state index in [1.54, 1.807) is 23.6 Å². The average molecular weight is 642 g/mol. The molecule has 0 radical (unpaired) electrons. The fourth-order valence-corrected chi connectivity index (χ4v) is 6.38. The molecule has 1 aliphatic rings. The average Bonchev–Trinajstić information content (AvgIpc) is 3.34. The van der Waals surface area contributed by atoms with Gasteiger partial charge in [0.1, 0.15) is 12.4 Å². The summed E-state index contributed by atoms with van der Waals surface area (Å²) in [6.07, 6.45) is 1.81. The molecule has 1 aromatic heterocycles. The zero-order valence-corrected chi connectivity index (χ0v) is 25.9. The number of ether oxygens (including phenoxy) is 2. The van der Waals surface area contributed by atoms with Crippen molar-refractivity contribution in [3.63, 3.8) is 0 Å². The second-order valence-corrected chi connectivity index (χ2v) is 11.9. The van der Waals surface area contributed by atoms with Gasteiger partial charge >= 0.3 is 5.97 Å². The Morgan fingerprint density at radius 1 is 0.932 bits per heavy atom. The molecule has 4 aromatic carbocycles. The van der Waals surface area contributed by atoms with E-state index in [9.17, 15) is 9.59 Å². The Morgan fingerprint density at radius 2 is 1.70 bits per heavy atom. The van der Waals surface area contributed by atoms with Crippen molar-refractivity contribution < 1.29 is 14.3 Å². The largest absolute Gasteiger partial charge is 0.489 e. The van der Waals surface area contributed by atoms with E-state index in [1.807, 2.05) is 97.1 Å². The maximum Gasteiger partial charge on any atom is 0.338 e. The lowest BCUT2D eigenvalue weighted by atomic mass is 9.93. The number of carbonyl (C=O) groups excluding carboxylic acids is 1. The molecule has 0 N–H and O–H groups in total. The van der Waals surface area contributed by atoms with Crippen LogP contribution in [0.25, 0.3) is 11.8 Å². The third kappa shape index (κ3) is 6.26. The molecule has 0 saturated carbocycles. The molecule has 0 bridgehead atoms. The van der Waals surface area contributed by atoms with E-state index in [1.165, 1.54) is 11.3 Å². The Labute approximate surface area is 267 Å². The predicted octanol–water partition coefficient (Wildman–Crippen LogP) is 6.82. The summed E-state index contributed by atoms with van der Waals surface area (Å²) < 4.78 is 13.6. The van der Waals surface area contributed by atoms with Crippen LogP contribution in [-0.4, -0.2) is 17.1 Å². The zero-order chi connectivity index (χ0) is 30.6. The van der Waals surface area contributed by atoms with Crippen LogP contribution in [0.15, 0.2) is 118 Å². The van der Waals surface area contributed by atoms with Crippen LogP contribution in [0.2, 0.25) is 10.0 Å². The highest BCUT2D eigenvalue weighted by atomic mass is 35.5. The first-order chi connectivity index (χ1) is 21.4. The maximum absolute atomic E-state index is 14.1. The fraction of sp³-hybridized carbons (Fsp3) is 0.114. The summed E-state index contributed by atoms with van der Waals surface area (Å²) in [6, 6.07) is 30.8. The van der Waals surface area contributed by atoms with Gasteiger partial charge in [-0.05, 0) is 66.1 Å². The molecule has 1 aliphatic heterocycles. The summed E-state index contributed by atoms with van der Waals surface area (Å²) in [4.78, 5) is 33.0. The van der Waals surface area contributed by atoms with E-state index in [0.29, 0.717) is 43.0 Å². The second kappa shape index (κ2) is 13.1. The van der Waals surface area contributed by atoms with Gasteiger partial charge in [-0.1, -0.05) is 101 Å². The number of aromatic nitrogens is 1. The summed E-state index contributed by atoms with van der Waals surface area (Å²) in [6.45, 7) is 2.28. The van der Waals surface area contributed by atoms with Crippen LogP contribution in [0.3, 0.4) is 0 Å². The molecule has 6 rings (SSSR count). The summed E-state index contributed by atoms with van der Waals surface area (Å²) in [5.41, 5.74) is 3.68. The number of halogens is 2. The van der Waals surface area contributed by atoms with Gasteiger partial charge in [0.25, 0.3) is 5.56 Å². The minimum Gasteiger partial charge on any atom is -0.489 e. The monoisotopic (exact) mass is 640 g/mol. The van der Waals surface area contributed by atoms with Crippen LogP contribution in [0.5, 0.6) is 5.75 Å². The predicted molar refractivity (Wildman–Crippen MR) is 175 cm³/mol. The Balaban J connectivity index is 1.47. The fourth-order valence-electron chi connectivity index (χ4n) is 5.04. The number of nitrogens with zero attached hydrogens (tertiary/aromatic N) is 2. The molecule has 9 heteroatoms. The van der Waals surface area contributed by atoms with Crippen molar-refractivity contribution in [1.29, 1.82) is 0 Å². The Hall–Kier alpha value is -4.43. The zero-order valence-electron chi connectivity index (χ0n) is 23.6. The van der Waals surface area contributed by atoms with Crippen LogP contribution < -0.4 is 19.6 Å². The molecule has 44 heavy (non-hydrogen) atoms. The van der Waals surface area contributed by atoms with Gasteiger partial charge < -0.3 is 9.47 Å². The van der Waals surface area contributed by atoms with E-state index in [-0.39, 0.29) is 17.7 Å². The molecule has 6 nitrogen and oxygen atoms in total. The summed E-state index contributed by atoms with van der Waals surface area (Å²) in [5.74, 6) is 0.121. The summed E-state index contributed by atoms with van der Waals surface area (Å²) >= 11 is 13.6. The van der Waals surface area contributed by atoms with Gasteiger partial charge in [-0.3, -0.25) is 9.36 Å². The first-order valence-corrected chi connectivity index (χ1v) is 15.5. The van der Waals surface area contributed by atoms with Crippen molar-refractivity contribution in [3.8, 4) is 5.75 Å². The molecule has 0 spiro atoms. The molecule has 0 unspecified atom stereocenters. The molecule has 0 aliphatic carbocycles. The molecule has 0 amide bonds. The van der Waals surface area contributed by atoms with Crippen LogP contribution in [0.4, 0.5) is 0 Å². The van der Waals surface area contributed by atoms with Crippen LogP contribution in [0, 0.1) is 0 Å². The smallest absolute Gasteiger partial charge is 0.338 e. The Kier molecular flexibility index (Phi) is 8.79. The van der Waals surface area contributed by atoms with E-state index in [2.05, 4.69) is 0 Å². The first-order valence-electron chi connectivity index (χ1n) is 13.9. The molecule has 5 aromatic rings. The van der Waals surface area contributed by atoms with Crippen molar-refractivity contribution in [2.75, 3.05) is 6.61 Å². The van der Waals surface area contributed by atoms with Gasteiger partial charge in [-0.25, -0.2) is 9.79 Å². The van der Waals surface area contributed by atoms with Gasteiger partial charge in [0.2, 0.25) is 0 Å². The molecule has 1 atom stereocenters. The normalized spacial score (nSPS) is 14.6. The Morgan fingerprint density at radius 3 is 2.45 bits per heavy atom. The number of rotatable bonds is 8. The van der Waals surface area contributed by atoms with E-state index in [4.69, 9.17) is 37.7 Å². The van der Waals surface area contributed by atoms with Crippen LogP contribution in [-0.2, 0) is 16.1 Å². The van der Waals surface area contributed by atoms with E-state index >= 15 is 0 Å². The summed E-state index contributed by atoms with van der Waals surface area (Å²) in [5, 5.41) is 1.19. The third-order valence-corrected chi connectivity index (χ3v) is 8.48. The van der Waals surface area contributed by atoms with Crippen LogP contribution >= 0.6 is 34.5 Å². The van der Waals surface area contributed by atoms with Gasteiger partial charge in [0.15, 0.2) is 4.80 Å². The number of fused-ring (bicyclic) bond motifs is 1. The number of hydrogen-bond donors (Lipinski definition) is 0. The highest BCUT2D eigenvalue weighted by molar-refractivity contribution is 7.07. The highest BCUT2D eigenvalue weighted by Gasteiger charge is 2.35. The minimum absolute atomic E-state index is 0.178. The van der Waals surface area contributed by atoms with E-state index < -0.39 is 12.0 Å². The van der Waals surface area contributed by atoms with Crippen molar-refractivity contribution in [2.45, 2.75) is 19.6 Å². The lowest BCUT2D eigenvalue weighted by molar-refractivity contribution is -0.138. The van der Waals surface area contributed by atoms with Gasteiger partial charge in [0.05, 0.1) is 28.5 Å². The standard InChI is InChI=1S/C35H26Cl2N2O4S/c1-2-42-34(41)30-31(24-10-4-3-5-11-24)38-35-39(32(30)25-14-16-26(36)17-15-25)33(40)29(44-35)20-22-8-7-13-28(19-22)43-21-23-9-6-12-27(37)18-23/h3-20,32H,2,21H2,1H3/b29-20-/t32-/m1/s1. The molecule has 2 heterocycles. The number of carbonyl (C=O) groups is 1. The van der Waals surface area contributed by atoms with Crippen molar-refractivity contribution >= 4 is 52.3 Å². The molecular weight excluding hydrogens is 615 g/mol. The minimum atomic E-state index is -0.771. The number of thiazole rings is 1. The quantitative estimate of drug-likeness (QED) is 0.175. The van der Waals surface area contributed by atoms with Gasteiger partial charge in [0, 0.05) is 15.6 Å². The number of hydrogen-bond acceptors (Lipinski definition) is 6. The first kappa shape index (κ1) is 29.6. The third-order valence-electron chi connectivity index (χ3n) is 7.01. The lowest BCUT2D eigenvalue weighted by Gasteiger charge is -2.25. The molecule has 220 valence electrons. The van der Waals surface area contributed by atoms with Crippen molar-refractivity contribution in [1.82, 2.24) is 4.57 Å². The summed E-state index contributed by atoms with van der Waals surface area (Å²) in [7, 11) is 0. The topological polar surface area (TPSA) is 69.9 Å². The maximum atomic E-state index is 14.1. The Bertz CT molecular complexity index is 2050. The lowest BCUT2D eigenvalue weighted by Crippen LogP contribution is -2.40. The van der Waals surface area contributed by atoms with E-state index in [0.717, 1.165) is 16.7 Å². The van der Waals surface area contributed by atoms with Crippen LogP contribution in [0.1, 0.15) is 35.2 Å². The van der Waals surface area contributed by atoms with Crippen molar-refractivity contribution in [3.05, 3.63) is 161 Å². The van der Waals surface area contributed by atoms with Crippen molar-refractivity contribution in [2.24, 2.45) is 4.99 Å². The van der Waals surface area contributed by atoms with Gasteiger partial charge in [-0.15, -0.1) is 0 Å². The molecule has 0 fully saturated rings.